The summed E-state index contributed by atoms with van der Waals surface area (Å²) in [6.45, 7) is 6.79. The maximum atomic E-state index is 2.46. The van der Waals surface area contributed by atoms with Crippen molar-refractivity contribution < 1.29 is 0 Å². The molecule has 262 valence electrons. The molecule has 55 heavy (non-hydrogen) atoms. The van der Waals surface area contributed by atoms with Crippen LogP contribution in [0.15, 0.2) is 182 Å². The molecule has 0 saturated carbocycles. The van der Waals surface area contributed by atoms with E-state index in [1.165, 1.54) is 87.8 Å². The highest BCUT2D eigenvalue weighted by Gasteiger charge is 2.22. The third-order valence-corrected chi connectivity index (χ3v) is 11.6. The van der Waals surface area contributed by atoms with Gasteiger partial charge in [-0.15, -0.1) is 0 Å². The van der Waals surface area contributed by atoms with E-state index in [0.717, 1.165) is 11.4 Å². The molecular weight excluding hydrogens is 667 g/mol. The molecule has 0 aliphatic heterocycles. The number of fused-ring (bicyclic) bond motifs is 10. The third kappa shape index (κ3) is 4.76. The Balaban J connectivity index is 1.11. The molecule has 3 nitrogen and oxygen atoms in total. The van der Waals surface area contributed by atoms with Crippen LogP contribution in [0.4, 0.5) is 0 Å². The normalized spacial score (nSPS) is 12.3. The lowest BCUT2D eigenvalue weighted by molar-refractivity contribution is 0.590. The first-order chi connectivity index (χ1) is 26.9. The maximum absolute atomic E-state index is 2.46. The van der Waals surface area contributed by atoms with Crippen molar-refractivity contribution in [2.24, 2.45) is 0 Å². The van der Waals surface area contributed by atoms with Gasteiger partial charge in [0.15, 0.2) is 0 Å². The molecule has 0 fully saturated rings. The molecule has 0 N–H and O–H groups in total. The monoisotopic (exact) mass is 705 g/mol. The second-order valence-electron chi connectivity index (χ2n) is 15.8. The summed E-state index contributed by atoms with van der Waals surface area (Å²) < 4.78 is 7.32. The average Bonchev–Trinajstić information content (AvgIpc) is 3.86. The first kappa shape index (κ1) is 31.7. The van der Waals surface area contributed by atoms with E-state index >= 15 is 0 Å². The molecule has 3 aromatic heterocycles. The second kappa shape index (κ2) is 11.8. The zero-order valence-corrected chi connectivity index (χ0v) is 31.2. The lowest BCUT2D eigenvalue weighted by Crippen LogP contribution is -2.10. The minimum atomic E-state index is 0.135. The molecular formula is C52H39N3. The molecule has 3 heterocycles. The summed E-state index contributed by atoms with van der Waals surface area (Å²) in [6, 6.07) is 67.0. The summed E-state index contributed by atoms with van der Waals surface area (Å²) >= 11 is 0. The Morgan fingerprint density at radius 1 is 0.327 bits per heavy atom. The van der Waals surface area contributed by atoms with Gasteiger partial charge in [0.25, 0.3) is 0 Å². The van der Waals surface area contributed by atoms with Gasteiger partial charge in [-0.05, 0) is 88.8 Å². The van der Waals surface area contributed by atoms with Crippen LogP contribution in [0, 0.1) is 0 Å². The second-order valence-corrected chi connectivity index (χ2v) is 15.8. The molecule has 0 unspecified atom stereocenters. The topological polar surface area (TPSA) is 14.8 Å². The van der Waals surface area contributed by atoms with Gasteiger partial charge in [0, 0.05) is 49.4 Å². The first-order valence-corrected chi connectivity index (χ1v) is 19.2. The quantitative estimate of drug-likeness (QED) is 0.173. The largest absolute Gasteiger partial charge is 0.309 e. The predicted molar refractivity (Wildman–Crippen MR) is 234 cm³/mol. The van der Waals surface area contributed by atoms with E-state index in [2.05, 4.69) is 216 Å². The molecule has 0 atom stereocenters. The van der Waals surface area contributed by atoms with Crippen molar-refractivity contribution in [1.82, 2.24) is 13.7 Å². The number of rotatable bonds is 4. The molecule has 0 amide bonds. The van der Waals surface area contributed by atoms with Gasteiger partial charge in [-0.2, -0.15) is 0 Å². The van der Waals surface area contributed by atoms with Crippen LogP contribution < -0.4 is 0 Å². The molecule has 3 heteroatoms. The van der Waals surface area contributed by atoms with Crippen molar-refractivity contribution in [2.75, 3.05) is 0 Å². The number of para-hydroxylation sites is 4. The summed E-state index contributed by atoms with van der Waals surface area (Å²) in [5, 5.41) is 7.53. The Hall–Kier alpha value is -6.84. The summed E-state index contributed by atoms with van der Waals surface area (Å²) in [5.41, 5.74) is 14.7. The van der Waals surface area contributed by atoms with Gasteiger partial charge in [0.05, 0.1) is 33.1 Å². The van der Waals surface area contributed by atoms with Crippen molar-refractivity contribution in [3.63, 3.8) is 0 Å². The van der Waals surface area contributed by atoms with Crippen molar-refractivity contribution in [3.05, 3.63) is 188 Å². The van der Waals surface area contributed by atoms with Crippen LogP contribution in [-0.4, -0.2) is 13.7 Å². The molecule has 0 radical (unpaired) electrons. The summed E-state index contributed by atoms with van der Waals surface area (Å²) in [5.74, 6) is 0. The fourth-order valence-corrected chi connectivity index (χ4v) is 8.98. The highest BCUT2D eigenvalue weighted by Crippen LogP contribution is 2.43. The van der Waals surface area contributed by atoms with Gasteiger partial charge in [0.1, 0.15) is 0 Å². The summed E-state index contributed by atoms with van der Waals surface area (Å²) in [7, 11) is 0. The lowest BCUT2D eigenvalue weighted by Gasteiger charge is -2.19. The minimum absolute atomic E-state index is 0.135. The SMILES string of the molecule is CC(C)(C)c1ccc(-c2ccc(-n3c4ccccc4c4cc(-n5c6ccccc6c6c5ccc5c7ccccc7n(-c7ccccc7)c56)ccc43)cc2)cc1. The van der Waals surface area contributed by atoms with Gasteiger partial charge >= 0.3 is 0 Å². The maximum Gasteiger partial charge on any atom is 0.0641 e. The van der Waals surface area contributed by atoms with Crippen molar-refractivity contribution in [2.45, 2.75) is 26.2 Å². The van der Waals surface area contributed by atoms with Crippen LogP contribution >= 0.6 is 0 Å². The minimum Gasteiger partial charge on any atom is -0.309 e. The van der Waals surface area contributed by atoms with Gasteiger partial charge in [-0.3, -0.25) is 0 Å². The van der Waals surface area contributed by atoms with Crippen LogP contribution in [0.5, 0.6) is 0 Å². The zero-order chi connectivity index (χ0) is 36.8. The number of aromatic nitrogens is 3. The van der Waals surface area contributed by atoms with E-state index in [9.17, 15) is 0 Å². The summed E-state index contributed by atoms with van der Waals surface area (Å²) in [4.78, 5) is 0. The van der Waals surface area contributed by atoms with E-state index < -0.39 is 0 Å². The molecule has 0 spiro atoms. The number of hydrogen-bond donors (Lipinski definition) is 0. The van der Waals surface area contributed by atoms with Crippen LogP contribution in [0.1, 0.15) is 26.3 Å². The van der Waals surface area contributed by atoms with E-state index in [0.29, 0.717) is 0 Å². The van der Waals surface area contributed by atoms with E-state index in [1.807, 2.05) is 0 Å². The van der Waals surface area contributed by atoms with Crippen LogP contribution in [0.25, 0.3) is 93.6 Å². The fourth-order valence-electron chi connectivity index (χ4n) is 8.98. The highest BCUT2D eigenvalue weighted by atomic mass is 15.0. The molecule has 0 saturated heterocycles. The zero-order valence-electron chi connectivity index (χ0n) is 31.2. The molecule has 11 aromatic rings. The Kier molecular flexibility index (Phi) is 6.81. The smallest absolute Gasteiger partial charge is 0.0641 e. The molecule has 11 rings (SSSR count). The Morgan fingerprint density at radius 2 is 0.800 bits per heavy atom. The predicted octanol–water partition coefficient (Wildman–Crippen LogP) is 13.9. The number of benzene rings is 8. The Morgan fingerprint density at radius 3 is 1.47 bits per heavy atom. The van der Waals surface area contributed by atoms with Crippen molar-refractivity contribution in [1.29, 1.82) is 0 Å². The Labute approximate surface area is 319 Å². The van der Waals surface area contributed by atoms with E-state index in [1.54, 1.807) is 0 Å². The molecule has 0 bridgehead atoms. The standard InChI is InChI=1S/C52H39N3/c1-52(2,3)36-25-21-34(22-26-36)35-23-27-38(28-24-35)53-45-18-10-8-16-41(45)44-33-39(29-31-48(44)53)54-47-20-12-9-17-43(47)50-49(54)32-30-42-40-15-7-11-19-46(40)55(51(42)50)37-13-5-4-6-14-37/h4-33H,1-3H3. The average molecular weight is 706 g/mol. The fraction of sp³-hybridized carbons (Fsp3) is 0.0769. The van der Waals surface area contributed by atoms with Crippen LogP contribution in [0.3, 0.4) is 0 Å². The van der Waals surface area contributed by atoms with Crippen molar-refractivity contribution in [3.8, 4) is 28.2 Å². The van der Waals surface area contributed by atoms with Gasteiger partial charge in [0.2, 0.25) is 0 Å². The van der Waals surface area contributed by atoms with Gasteiger partial charge in [-0.1, -0.05) is 136 Å². The van der Waals surface area contributed by atoms with Crippen LogP contribution in [-0.2, 0) is 5.41 Å². The molecule has 0 aliphatic rings. The highest BCUT2D eigenvalue weighted by molar-refractivity contribution is 6.26. The van der Waals surface area contributed by atoms with Gasteiger partial charge in [-0.25, -0.2) is 0 Å². The van der Waals surface area contributed by atoms with E-state index in [-0.39, 0.29) is 5.41 Å². The van der Waals surface area contributed by atoms with Gasteiger partial charge < -0.3 is 13.7 Å². The van der Waals surface area contributed by atoms with E-state index in [4.69, 9.17) is 0 Å². The summed E-state index contributed by atoms with van der Waals surface area (Å²) in [6.07, 6.45) is 0. The molecule has 0 aliphatic carbocycles. The van der Waals surface area contributed by atoms with Crippen molar-refractivity contribution >= 4 is 65.4 Å². The first-order valence-electron chi connectivity index (χ1n) is 19.2. The van der Waals surface area contributed by atoms with Crippen LogP contribution in [0.2, 0.25) is 0 Å². The Bertz CT molecular complexity index is 3260. The molecule has 8 aromatic carbocycles. The number of nitrogens with zero attached hydrogens (tertiary/aromatic N) is 3. The lowest BCUT2D eigenvalue weighted by atomic mass is 9.86. The third-order valence-electron chi connectivity index (χ3n) is 11.6. The number of hydrogen-bond acceptors (Lipinski definition) is 0.